The molecule has 9 heteroatoms. The number of para-hydroxylation sites is 1. The third kappa shape index (κ3) is 5.57. The van der Waals surface area contributed by atoms with Gasteiger partial charge >= 0.3 is 0 Å². The van der Waals surface area contributed by atoms with E-state index in [0.29, 0.717) is 48.9 Å². The highest BCUT2D eigenvalue weighted by Gasteiger charge is 2.34. The number of likely N-dealkylation sites (tertiary alicyclic amines) is 1. The number of carbonyl (C=O) groups is 1. The van der Waals surface area contributed by atoms with Crippen molar-refractivity contribution < 1.29 is 14.6 Å². The smallest absolute Gasteiger partial charge is 0.263 e. The maximum atomic E-state index is 12.2. The molecule has 9 nitrogen and oxygen atoms in total. The highest BCUT2D eigenvalue weighted by Crippen LogP contribution is 2.33. The SMILES string of the molecule is C=C(C#N)C(=O)N1CCC(O)(CNc2ncnc(N)c2-c2ccc(Oc3ccccc3)cc2)CC1. The van der Waals surface area contributed by atoms with E-state index in [1.54, 1.807) is 6.07 Å². The lowest BCUT2D eigenvalue weighted by Gasteiger charge is -2.38. The van der Waals surface area contributed by atoms with Crippen molar-refractivity contribution >= 4 is 17.5 Å². The molecule has 1 aliphatic rings. The van der Waals surface area contributed by atoms with Gasteiger partial charge in [0.05, 0.1) is 11.2 Å². The Hall–Kier alpha value is -4.42. The molecule has 35 heavy (non-hydrogen) atoms. The zero-order valence-corrected chi connectivity index (χ0v) is 19.1. The summed E-state index contributed by atoms with van der Waals surface area (Å²) in [5.74, 6) is 1.83. The van der Waals surface area contributed by atoms with Crippen LogP contribution in [0.4, 0.5) is 11.6 Å². The Morgan fingerprint density at radius 3 is 2.46 bits per heavy atom. The Morgan fingerprint density at radius 1 is 1.14 bits per heavy atom. The van der Waals surface area contributed by atoms with Crippen molar-refractivity contribution in [3.8, 4) is 28.7 Å². The van der Waals surface area contributed by atoms with Crippen LogP contribution in [0.3, 0.4) is 0 Å². The lowest BCUT2D eigenvalue weighted by molar-refractivity contribution is -0.130. The van der Waals surface area contributed by atoms with Crippen LogP contribution in [0.5, 0.6) is 11.5 Å². The van der Waals surface area contributed by atoms with Crippen LogP contribution < -0.4 is 15.8 Å². The maximum Gasteiger partial charge on any atom is 0.263 e. The fraction of sp³-hybridized carbons (Fsp3) is 0.231. The molecule has 3 aromatic rings. The van der Waals surface area contributed by atoms with Gasteiger partial charge in [-0.3, -0.25) is 4.79 Å². The fourth-order valence-electron chi connectivity index (χ4n) is 3.92. The van der Waals surface area contributed by atoms with E-state index in [-0.39, 0.29) is 12.1 Å². The second kappa shape index (κ2) is 10.2. The number of nitrogens with two attached hydrogens (primary N) is 1. The number of nitriles is 1. The lowest BCUT2D eigenvalue weighted by Crippen LogP contribution is -2.50. The largest absolute Gasteiger partial charge is 0.457 e. The summed E-state index contributed by atoms with van der Waals surface area (Å²) >= 11 is 0. The van der Waals surface area contributed by atoms with E-state index < -0.39 is 11.5 Å². The summed E-state index contributed by atoms with van der Waals surface area (Å²) in [4.78, 5) is 22.2. The molecule has 1 aliphatic heterocycles. The van der Waals surface area contributed by atoms with Crippen LogP contribution in [0.1, 0.15) is 12.8 Å². The van der Waals surface area contributed by atoms with Crippen LogP contribution in [0.2, 0.25) is 0 Å². The summed E-state index contributed by atoms with van der Waals surface area (Å²) < 4.78 is 5.85. The predicted molar refractivity (Wildman–Crippen MR) is 132 cm³/mol. The quantitative estimate of drug-likeness (QED) is 0.353. The van der Waals surface area contributed by atoms with Crippen LogP contribution in [0.15, 0.2) is 73.1 Å². The standard InChI is InChI=1S/C26H26N6O3/c1-18(15-27)25(33)32-13-11-26(34,12-14-32)16-29-24-22(23(28)30-17-31-24)19-7-9-21(10-8-19)35-20-5-3-2-4-6-20/h2-10,17,34H,1,11-14,16H2,(H3,28,29,30,31). The van der Waals surface area contributed by atoms with Crippen molar-refractivity contribution in [2.45, 2.75) is 18.4 Å². The van der Waals surface area contributed by atoms with Crippen LogP contribution in [-0.2, 0) is 4.79 Å². The van der Waals surface area contributed by atoms with Crippen LogP contribution in [-0.4, -0.2) is 51.1 Å². The number of nitrogens with one attached hydrogen (secondary N) is 1. The Bertz CT molecular complexity index is 1250. The van der Waals surface area contributed by atoms with Crippen molar-refractivity contribution in [1.82, 2.24) is 14.9 Å². The summed E-state index contributed by atoms with van der Waals surface area (Å²) in [5.41, 5.74) is 6.46. The molecule has 1 fully saturated rings. The van der Waals surface area contributed by atoms with Gasteiger partial charge in [-0.25, -0.2) is 9.97 Å². The van der Waals surface area contributed by atoms with E-state index in [1.165, 1.54) is 11.2 Å². The monoisotopic (exact) mass is 470 g/mol. The Balaban J connectivity index is 1.44. The van der Waals surface area contributed by atoms with E-state index in [0.717, 1.165) is 11.3 Å². The number of carbonyl (C=O) groups excluding carboxylic acids is 1. The molecule has 1 aromatic heterocycles. The minimum Gasteiger partial charge on any atom is -0.457 e. The highest BCUT2D eigenvalue weighted by atomic mass is 16.5. The van der Waals surface area contributed by atoms with Crippen molar-refractivity contribution in [1.29, 1.82) is 5.26 Å². The van der Waals surface area contributed by atoms with E-state index in [1.807, 2.05) is 54.6 Å². The number of anilines is 2. The number of nitrogen functional groups attached to an aromatic ring is 1. The first kappa shape index (κ1) is 23.7. The normalized spacial score (nSPS) is 14.6. The zero-order chi connectivity index (χ0) is 24.8. The number of aliphatic hydroxyl groups is 1. The first-order valence-electron chi connectivity index (χ1n) is 11.2. The number of nitrogens with zero attached hydrogens (tertiary/aromatic N) is 4. The predicted octanol–water partition coefficient (Wildman–Crippen LogP) is 3.36. The molecule has 0 atom stereocenters. The molecule has 1 saturated heterocycles. The maximum absolute atomic E-state index is 12.2. The van der Waals surface area contributed by atoms with E-state index in [9.17, 15) is 9.90 Å². The zero-order valence-electron chi connectivity index (χ0n) is 19.1. The summed E-state index contributed by atoms with van der Waals surface area (Å²) in [6, 6.07) is 18.7. The summed E-state index contributed by atoms with van der Waals surface area (Å²) in [6.07, 6.45) is 2.07. The van der Waals surface area contributed by atoms with Crippen LogP contribution in [0.25, 0.3) is 11.1 Å². The van der Waals surface area contributed by atoms with Gasteiger partial charge in [0.2, 0.25) is 0 Å². The van der Waals surface area contributed by atoms with Gasteiger partial charge in [0.1, 0.15) is 41.1 Å². The molecule has 0 spiro atoms. The molecular weight excluding hydrogens is 444 g/mol. The van der Waals surface area contributed by atoms with E-state index in [4.69, 9.17) is 15.7 Å². The van der Waals surface area contributed by atoms with Crippen LogP contribution in [0, 0.1) is 11.3 Å². The molecule has 4 rings (SSSR count). The van der Waals surface area contributed by atoms with E-state index in [2.05, 4.69) is 21.9 Å². The molecule has 4 N–H and O–H groups in total. The summed E-state index contributed by atoms with van der Waals surface area (Å²) in [7, 11) is 0. The molecule has 1 amide bonds. The first-order chi connectivity index (χ1) is 16.9. The number of rotatable bonds is 7. The molecule has 0 saturated carbocycles. The number of ether oxygens (including phenoxy) is 1. The lowest BCUT2D eigenvalue weighted by atomic mass is 9.91. The second-order valence-electron chi connectivity index (χ2n) is 8.38. The molecule has 2 aromatic carbocycles. The van der Waals surface area contributed by atoms with Gasteiger partial charge in [-0.1, -0.05) is 36.9 Å². The van der Waals surface area contributed by atoms with Crippen molar-refractivity contribution in [3.63, 3.8) is 0 Å². The van der Waals surface area contributed by atoms with Gasteiger partial charge in [-0.2, -0.15) is 5.26 Å². The summed E-state index contributed by atoms with van der Waals surface area (Å²) in [6.45, 7) is 4.35. The third-order valence-corrected chi connectivity index (χ3v) is 5.96. The van der Waals surface area contributed by atoms with E-state index >= 15 is 0 Å². The number of hydrogen-bond acceptors (Lipinski definition) is 8. The highest BCUT2D eigenvalue weighted by molar-refractivity contribution is 5.96. The van der Waals surface area contributed by atoms with Gasteiger partial charge in [-0.05, 0) is 42.7 Å². The number of piperidine rings is 1. The fourth-order valence-corrected chi connectivity index (χ4v) is 3.92. The van der Waals surface area contributed by atoms with Gasteiger partial charge in [0.25, 0.3) is 5.91 Å². The molecule has 0 bridgehead atoms. The minimum atomic E-state index is -1.05. The van der Waals surface area contributed by atoms with Gasteiger partial charge in [0.15, 0.2) is 0 Å². The topological polar surface area (TPSA) is 137 Å². The number of aromatic nitrogens is 2. The third-order valence-electron chi connectivity index (χ3n) is 5.96. The van der Waals surface area contributed by atoms with Gasteiger partial charge in [0, 0.05) is 19.6 Å². The van der Waals surface area contributed by atoms with Crippen LogP contribution >= 0.6 is 0 Å². The number of amides is 1. The number of benzene rings is 2. The first-order valence-corrected chi connectivity index (χ1v) is 11.2. The Morgan fingerprint density at radius 2 is 1.80 bits per heavy atom. The average Bonchev–Trinajstić information content (AvgIpc) is 2.88. The molecule has 0 radical (unpaired) electrons. The molecular formula is C26H26N6O3. The molecule has 178 valence electrons. The van der Waals surface area contributed by atoms with Gasteiger partial charge < -0.3 is 25.8 Å². The van der Waals surface area contributed by atoms with Crippen molar-refractivity contribution in [2.24, 2.45) is 0 Å². The number of hydrogen-bond donors (Lipinski definition) is 3. The Kier molecular flexibility index (Phi) is 6.94. The van der Waals surface area contributed by atoms with Crippen molar-refractivity contribution in [2.75, 3.05) is 30.7 Å². The van der Waals surface area contributed by atoms with Gasteiger partial charge in [-0.15, -0.1) is 0 Å². The molecule has 0 aliphatic carbocycles. The second-order valence-corrected chi connectivity index (χ2v) is 8.38. The average molecular weight is 471 g/mol. The molecule has 0 unspecified atom stereocenters. The molecule has 2 heterocycles. The summed E-state index contributed by atoms with van der Waals surface area (Å²) in [5, 5.41) is 23.2. The minimum absolute atomic E-state index is 0.102. The Labute approximate surface area is 203 Å². The van der Waals surface area contributed by atoms with Crippen molar-refractivity contribution in [3.05, 3.63) is 73.1 Å².